The van der Waals surface area contributed by atoms with Crippen molar-refractivity contribution in [2.75, 3.05) is 0 Å². The average Bonchev–Trinajstić information content (AvgIpc) is 3.13. The smallest absolute Gasteiger partial charge is 0.303 e. The van der Waals surface area contributed by atoms with Gasteiger partial charge < -0.3 is 15.2 Å². The van der Waals surface area contributed by atoms with Gasteiger partial charge in [0.2, 0.25) is 5.91 Å². The van der Waals surface area contributed by atoms with E-state index in [1.54, 1.807) is 12.2 Å². The number of Topliss-reactive ketones (excluding diaryl/α,β-unsaturated/α-hetero) is 1. The van der Waals surface area contributed by atoms with Crippen molar-refractivity contribution in [2.45, 2.75) is 65.7 Å². The summed E-state index contributed by atoms with van der Waals surface area (Å²) in [5.74, 6) is -2.22. The molecule has 6 nitrogen and oxygen atoms in total. The number of rotatable bonds is 3. The molecule has 2 aliphatic carbocycles. The fraction of sp³-hybridized carbons (Fsp3) is 0.500. The van der Waals surface area contributed by atoms with Gasteiger partial charge >= 0.3 is 5.97 Å². The summed E-state index contributed by atoms with van der Waals surface area (Å²) in [6, 6.07) is 9.74. The Hall–Kier alpha value is -2.99. The number of amides is 1. The summed E-state index contributed by atoms with van der Waals surface area (Å²) in [7, 11) is 0. The zero-order valence-electron chi connectivity index (χ0n) is 21.7. The molecule has 0 saturated carbocycles. The standard InChI is InChI=1S/C30H37NO5/c1-17-10-9-13-23-28(34)20(4)19(3)26-24(16-22-11-7-6-8-12-22)31-29(35)30(23,26)25(36-21(5)32)15-14-18(2)27(17)33/h6-9,11-15,17-18,23-26,28,34H,10,16H2,1-5H3,(H,31,35)/t17-,18-,23-,24-,25+,26?,28+,30+/m0/s1. The molecule has 1 aliphatic heterocycles. The highest BCUT2D eigenvalue weighted by Crippen LogP contribution is 2.57. The largest absolute Gasteiger partial charge is 0.457 e. The maximum atomic E-state index is 14.1. The van der Waals surface area contributed by atoms with E-state index in [0.29, 0.717) is 12.8 Å². The summed E-state index contributed by atoms with van der Waals surface area (Å²) in [5, 5.41) is 14.8. The number of ether oxygens (including phenoxy) is 1. The topological polar surface area (TPSA) is 92.7 Å². The predicted octanol–water partition coefficient (Wildman–Crippen LogP) is 3.95. The normalized spacial score (nSPS) is 36.6. The van der Waals surface area contributed by atoms with Crippen molar-refractivity contribution in [3.05, 3.63) is 71.3 Å². The molecule has 1 heterocycles. The van der Waals surface area contributed by atoms with Crippen LogP contribution in [0.3, 0.4) is 0 Å². The van der Waals surface area contributed by atoms with E-state index in [2.05, 4.69) is 5.32 Å². The van der Waals surface area contributed by atoms with Crippen molar-refractivity contribution in [3.8, 4) is 0 Å². The zero-order chi connectivity index (χ0) is 26.2. The van der Waals surface area contributed by atoms with Crippen LogP contribution in [0, 0.1) is 29.1 Å². The van der Waals surface area contributed by atoms with Crippen LogP contribution in [0.4, 0.5) is 0 Å². The molecule has 192 valence electrons. The summed E-state index contributed by atoms with van der Waals surface area (Å²) >= 11 is 0. The lowest BCUT2D eigenvalue weighted by molar-refractivity contribution is -0.161. The molecule has 1 fully saturated rings. The monoisotopic (exact) mass is 491 g/mol. The van der Waals surface area contributed by atoms with Crippen LogP contribution in [-0.4, -0.2) is 41.0 Å². The van der Waals surface area contributed by atoms with Crippen molar-refractivity contribution < 1.29 is 24.2 Å². The molecule has 1 unspecified atom stereocenters. The molecule has 4 rings (SSSR count). The summed E-state index contributed by atoms with van der Waals surface area (Å²) in [5.41, 5.74) is 1.60. The first-order valence-corrected chi connectivity index (χ1v) is 12.8. The lowest BCUT2D eigenvalue weighted by Crippen LogP contribution is -2.58. The summed E-state index contributed by atoms with van der Waals surface area (Å²) in [6.45, 7) is 8.93. The van der Waals surface area contributed by atoms with Gasteiger partial charge in [0.1, 0.15) is 17.3 Å². The molecule has 3 aliphatic rings. The minimum absolute atomic E-state index is 0.0836. The van der Waals surface area contributed by atoms with Crippen LogP contribution in [0.25, 0.3) is 0 Å². The third-order valence-corrected chi connectivity index (χ3v) is 8.45. The minimum Gasteiger partial charge on any atom is -0.457 e. The SMILES string of the molecule is CC(=O)O[C@@H]1C=C[C@H](C)C(=O)[C@@H](C)CC=C[C@H]2[C@H](O)C(C)=C(C)C3[C@H](Cc4ccccc4)NC(=O)[C@@]312. The summed E-state index contributed by atoms with van der Waals surface area (Å²) in [6.07, 6.45) is 6.50. The van der Waals surface area contributed by atoms with Crippen LogP contribution in [0.1, 0.15) is 46.6 Å². The van der Waals surface area contributed by atoms with Gasteiger partial charge in [-0.1, -0.05) is 68.0 Å². The number of aliphatic hydroxyl groups excluding tert-OH is 1. The van der Waals surface area contributed by atoms with Gasteiger partial charge in [0, 0.05) is 36.6 Å². The summed E-state index contributed by atoms with van der Waals surface area (Å²) < 4.78 is 5.88. The van der Waals surface area contributed by atoms with Gasteiger partial charge in [-0.25, -0.2) is 0 Å². The number of benzene rings is 1. The van der Waals surface area contributed by atoms with Gasteiger partial charge in [0.05, 0.1) is 6.10 Å². The first-order valence-electron chi connectivity index (χ1n) is 12.8. The minimum atomic E-state index is -1.25. The quantitative estimate of drug-likeness (QED) is 0.494. The van der Waals surface area contributed by atoms with E-state index in [4.69, 9.17) is 4.74 Å². The van der Waals surface area contributed by atoms with Crippen molar-refractivity contribution >= 4 is 17.7 Å². The van der Waals surface area contributed by atoms with E-state index in [0.717, 1.165) is 16.7 Å². The van der Waals surface area contributed by atoms with Gasteiger partial charge in [-0.2, -0.15) is 0 Å². The first-order chi connectivity index (χ1) is 17.1. The van der Waals surface area contributed by atoms with E-state index < -0.39 is 35.4 Å². The lowest BCUT2D eigenvalue weighted by atomic mass is 9.54. The molecule has 1 aromatic rings. The molecule has 1 saturated heterocycles. The molecule has 1 amide bonds. The number of allylic oxidation sites excluding steroid dienone is 2. The molecule has 2 N–H and O–H groups in total. The second-order valence-electron chi connectivity index (χ2n) is 10.7. The van der Waals surface area contributed by atoms with E-state index in [1.165, 1.54) is 6.92 Å². The number of ketones is 1. The number of aliphatic hydroxyl groups is 1. The van der Waals surface area contributed by atoms with Crippen LogP contribution in [0.15, 0.2) is 65.8 Å². The Morgan fingerprint density at radius 1 is 1.08 bits per heavy atom. The highest BCUT2D eigenvalue weighted by molar-refractivity contribution is 5.90. The third kappa shape index (κ3) is 4.36. The average molecular weight is 492 g/mol. The highest BCUT2D eigenvalue weighted by atomic mass is 16.5. The second kappa shape index (κ2) is 10.2. The Morgan fingerprint density at radius 3 is 2.44 bits per heavy atom. The fourth-order valence-corrected chi connectivity index (χ4v) is 6.51. The number of hydrogen-bond acceptors (Lipinski definition) is 5. The van der Waals surface area contributed by atoms with Crippen molar-refractivity contribution in [2.24, 2.45) is 29.1 Å². The van der Waals surface area contributed by atoms with Gasteiger partial charge in [-0.3, -0.25) is 14.4 Å². The number of carbonyl (C=O) groups is 3. The van der Waals surface area contributed by atoms with Gasteiger partial charge in [0.25, 0.3) is 0 Å². The van der Waals surface area contributed by atoms with E-state index in [-0.39, 0.29) is 29.6 Å². The highest BCUT2D eigenvalue weighted by Gasteiger charge is 2.67. The molecule has 6 heteroatoms. The Kier molecular flexibility index (Phi) is 7.37. The number of carbonyl (C=O) groups excluding carboxylic acids is 3. The molecule has 0 aromatic heterocycles. The van der Waals surface area contributed by atoms with Crippen molar-refractivity contribution in [3.63, 3.8) is 0 Å². The van der Waals surface area contributed by atoms with Crippen molar-refractivity contribution in [1.29, 1.82) is 0 Å². The van der Waals surface area contributed by atoms with Crippen LogP contribution in [0.5, 0.6) is 0 Å². The molecule has 36 heavy (non-hydrogen) atoms. The summed E-state index contributed by atoms with van der Waals surface area (Å²) in [4.78, 5) is 39.4. The number of hydrogen-bond donors (Lipinski definition) is 2. The predicted molar refractivity (Wildman–Crippen MR) is 138 cm³/mol. The second-order valence-corrected chi connectivity index (χ2v) is 10.7. The van der Waals surface area contributed by atoms with Gasteiger partial charge in [0.15, 0.2) is 0 Å². The van der Waals surface area contributed by atoms with Crippen LogP contribution in [-0.2, 0) is 25.5 Å². The maximum Gasteiger partial charge on any atom is 0.303 e. The van der Waals surface area contributed by atoms with Crippen LogP contribution >= 0.6 is 0 Å². The third-order valence-electron chi connectivity index (χ3n) is 8.45. The zero-order valence-corrected chi connectivity index (χ0v) is 21.7. The Bertz CT molecular complexity index is 1120. The van der Waals surface area contributed by atoms with Crippen LogP contribution < -0.4 is 5.32 Å². The van der Waals surface area contributed by atoms with Gasteiger partial charge in [-0.15, -0.1) is 0 Å². The Balaban J connectivity index is 1.94. The fourth-order valence-electron chi connectivity index (χ4n) is 6.51. The number of esters is 1. The molecule has 8 atom stereocenters. The van der Waals surface area contributed by atoms with E-state index in [1.807, 2.05) is 70.2 Å². The Morgan fingerprint density at radius 2 is 1.78 bits per heavy atom. The maximum absolute atomic E-state index is 14.1. The molecular weight excluding hydrogens is 454 g/mol. The first kappa shape index (κ1) is 26.1. The molecule has 0 radical (unpaired) electrons. The van der Waals surface area contributed by atoms with E-state index in [9.17, 15) is 19.5 Å². The van der Waals surface area contributed by atoms with E-state index >= 15 is 0 Å². The molecular formula is C30H37NO5. The molecule has 0 bridgehead atoms. The Labute approximate surface area is 213 Å². The molecule has 1 aromatic carbocycles. The molecule has 1 spiro atoms. The van der Waals surface area contributed by atoms with Crippen LogP contribution in [0.2, 0.25) is 0 Å². The van der Waals surface area contributed by atoms with Gasteiger partial charge in [-0.05, 0) is 43.9 Å². The lowest BCUT2D eigenvalue weighted by Gasteiger charge is -2.49. The number of nitrogens with one attached hydrogen (secondary N) is 1. The van der Waals surface area contributed by atoms with Crippen molar-refractivity contribution in [1.82, 2.24) is 5.32 Å².